The molecule has 0 unspecified atom stereocenters. The standard InChI is InChI=1S/C18H20N4O3S/c23-8-7-22-6-2-15-13(17(22)24)11-16(26-15)14-1-5-19-18(21-14)20-12-3-9-25-10-4-12/h1,5,8,11-12H,2-4,6-7,9-10H2,(H,19,20,21). The Hall–Kier alpha value is -2.32. The van der Waals surface area contributed by atoms with Crippen molar-refractivity contribution >= 4 is 29.5 Å². The van der Waals surface area contributed by atoms with Gasteiger partial charge in [0.25, 0.3) is 5.91 Å². The molecule has 2 aromatic heterocycles. The number of hydrogen-bond acceptors (Lipinski definition) is 7. The van der Waals surface area contributed by atoms with Gasteiger partial charge in [0.15, 0.2) is 0 Å². The average Bonchev–Trinajstić information content (AvgIpc) is 3.11. The van der Waals surface area contributed by atoms with E-state index in [-0.39, 0.29) is 12.5 Å². The highest BCUT2D eigenvalue weighted by Crippen LogP contribution is 2.34. The maximum Gasteiger partial charge on any atom is 0.255 e. The minimum atomic E-state index is -0.0736. The zero-order valence-corrected chi connectivity index (χ0v) is 15.1. The van der Waals surface area contributed by atoms with Crippen LogP contribution >= 0.6 is 11.3 Å². The summed E-state index contributed by atoms with van der Waals surface area (Å²) in [5.41, 5.74) is 1.50. The fourth-order valence-electron chi connectivity index (χ4n) is 3.28. The molecule has 2 aliphatic heterocycles. The van der Waals surface area contributed by atoms with Crippen LogP contribution in [0.1, 0.15) is 28.1 Å². The van der Waals surface area contributed by atoms with Crippen molar-refractivity contribution < 1.29 is 14.3 Å². The molecular formula is C18H20N4O3S. The lowest BCUT2D eigenvalue weighted by molar-refractivity contribution is -0.108. The number of rotatable bonds is 5. The Morgan fingerprint density at radius 1 is 1.38 bits per heavy atom. The second kappa shape index (κ2) is 7.51. The lowest BCUT2D eigenvalue weighted by Crippen LogP contribution is -2.37. The molecule has 4 heterocycles. The van der Waals surface area contributed by atoms with Crippen LogP contribution in [0, 0.1) is 0 Å². The number of amides is 1. The highest BCUT2D eigenvalue weighted by molar-refractivity contribution is 7.15. The molecule has 1 saturated heterocycles. The van der Waals surface area contributed by atoms with E-state index in [0.29, 0.717) is 24.1 Å². The van der Waals surface area contributed by atoms with Crippen LogP contribution in [-0.4, -0.2) is 59.4 Å². The van der Waals surface area contributed by atoms with Crippen LogP contribution in [0.4, 0.5) is 5.95 Å². The third-order valence-electron chi connectivity index (χ3n) is 4.69. The van der Waals surface area contributed by atoms with Crippen molar-refractivity contribution in [3.8, 4) is 10.6 Å². The van der Waals surface area contributed by atoms with E-state index in [9.17, 15) is 9.59 Å². The molecule has 4 rings (SSSR count). The number of nitrogens with zero attached hydrogens (tertiary/aromatic N) is 3. The van der Waals surface area contributed by atoms with Gasteiger partial charge in [0.05, 0.1) is 22.7 Å². The molecule has 0 bridgehead atoms. The van der Waals surface area contributed by atoms with Crippen molar-refractivity contribution in [2.24, 2.45) is 0 Å². The molecule has 0 atom stereocenters. The zero-order chi connectivity index (χ0) is 17.9. The first kappa shape index (κ1) is 17.1. The third-order valence-corrected chi connectivity index (χ3v) is 5.91. The summed E-state index contributed by atoms with van der Waals surface area (Å²) in [6.07, 6.45) is 5.18. The molecule has 0 aliphatic carbocycles. The topological polar surface area (TPSA) is 84.4 Å². The maximum atomic E-state index is 12.5. The molecule has 0 saturated carbocycles. The minimum absolute atomic E-state index is 0.0736. The Labute approximate surface area is 155 Å². The normalized spacial score (nSPS) is 17.8. The van der Waals surface area contributed by atoms with Crippen LogP contribution in [-0.2, 0) is 16.0 Å². The van der Waals surface area contributed by atoms with Gasteiger partial charge in [-0.15, -0.1) is 11.3 Å². The number of hydrogen-bond donors (Lipinski definition) is 1. The molecule has 8 heteroatoms. The molecular weight excluding hydrogens is 352 g/mol. The molecule has 0 radical (unpaired) electrons. The molecule has 136 valence electrons. The van der Waals surface area contributed by atoms with Gasteiger partial charge in [-0.1, -0.05) is 0 Å². The van der Waals surface area contributed by atoms with Gasteiger partial charge >= 0.3 is 0 Å². The van der Waals surface area contributed by atoms with Crippen LogP contribution in [0.25, 0.3) is 10.6 Å². The predicted octanol–water partition coefficient (Wildman–Crippen LogP) is 1.99. The Balaban J connectivity index is 1.55. The highest BCUT2D eigenvalue weighted by Gasteiger charge is 2.27. The first-order chi connectivity index (χ1) is 12.7. The van der Waals surface area contributed by atoms with E-state index in [4.69, 9.17) is 4.74 Å². The highest BCUT2D eigenvalue weighted by atomic mass is 32.1. The number of fused-ring (bicyclic) bond motifs is 1. The fraction of sp³-hybridized carbons (Fsp3) is 0.444. The van der Waals surface area contributed by atoms with E-state index in [1.807, 2.05) is 12.1 Å². The second-order valence-corrected chi connectivity index (χ2v) is 7.55. The number of carbonyl (C=O) groups excluding carboxylic acids is 2. The Bertz CT molecular complexity index is 817. The monoisotopic (exact) mass is 372 g/mol. The van der Waals surface area contributed by atoms with Crippen LogP contribution in [0.5, 0.6) is 0 Å². The summed E-state index contributed by atoms with van der Waals surface area (Å²) in [6.45, 7) is 2.25. The van der Waals surface area contributed by atoms with E-state index in [1.165, 1.54) is 0 Å². The van der Waals surface area contributed by atoms with Crippen LogP contribution < -0.4 is 5.32 Å². The molecule has 2 aliphatic rings. The summed E-state index contributed by atoms with van der Waals surface area (Å²) in [7, 11) is 0. The predicted molar refractivity (Wildman–Crippen MR) is 98.5 cm³/mol. The summed E-state index contributed by atoms with van der Waals surface area (Å²) in [4.78, 5) is 35.8. The maximum absolute atomic E-state index is 12.5. The molecule has 1 N–H and O–H groups in total. The van der Waals surface area contributed by atoms with Gasteiger partial charge in [0.2, 0.25) is 5.95 Å². The first-order valence-electron chi connectivity index (χ1n) is 8.78. The summed E-state index contributed by atoms with van der Waals surface area (Å²) in [6, 6.07) is 4.08. The lowest BCUT2D eigenvalue weighted by atomic mass is 10.1. The molecule has 0 aromatic carbocycles. The largest absolute Gasteiger partial charge is 0.381 e. The molecule has 2 aromatic rings. The Morgan fingerprint density at radius 3 is 3.04 bits per heavy atom. The van der Waals surface area contributed by atoms with Gasteiger partial charge in [-0.25, -0.2) is 9.97 Å². The average molecular weight is 372 g/mol. The van der Waals surface area contributed by atoms with Crippen molar-refractivity contribution in [3.63, 3.8) is 0 Å². The molecule has 1 fully saturated rings. The van der Waals surface area contributed by atoms with Gasteiger partial charge in [-0.2, -0.15) is 0 Å². The number of aromatic nitrogens is 2. The van der Waals surface area contributed by atoms with Gasteiger partial charge < -0.3 is 19.7 Å². The molecule has 1 amide bonds. The summed E-state index contributed by atoms with van der Waals surface area (Å²) in [5.74, 6) is 0.533. The lowest BCUT2D eigenvalue weighted by Gasteiger charge is -2.24. The van der Waals surface area contributed by atoms with E-state index < -0.39 is 0 Å². The SMILES string of the molecule is O=CCN1CCc2sc(-c3ccnc(NC4CCOCC4)n3)cc2C1=O. The van der Waals surface area contributed by atoms with Crippen molar-refractivity contribution in [1.29, 1.82) is 0 Å². The van der Waals surface area contributed by atoms with Crippen molar-refractivity contribution in [2.75, 3.05) is 31.6 Å². The van der Waals surface area contributed by atoms with Crippen LogP contribution in [0.3, 0.4) is 0 Å². The second-order valence-electron chi connectivity index (χ2n) is 6.41. The number of aldehydes is 1. The van der Waals surface area contributed by atoms with Gasteiger partial charge in [-0.05, 0) is 25.0 Å². The van der Waals surface area contributed by atoms with Gasteiger partial charge in [0.1, 0.15) is 6.29 Å². The third kappa shape index (κ3) is 3.47. The van der Waals surface area contributed by atoms with Gasteiger partial charge in [-0.3, -0.25) is 4.79 Å². The first-order valence-corrected chi connectivity index (χ1v) is 9.59. The number of anilines is 1. The van der Waals surface area contributed by atoms with E-state index in [1.54, 1.807) is 22.4 Å². The quantitative estimate of drug-likeness (QED) is 0.808. The zero-order valence-electron chi connectivity index (χ0n) is 14.3. The summed E-state index contributed by atoms with van der Waals surface area (Å²) >= 11 is 1.59. The van der Waals surface area contributed by atoms with Crippen molar-refractivity contribution in [2.45, 2.75) is 25.3 Å². The number of nitrogens with one attached hydrogen (secondary N) is 1. The van der Waals surface area contributed by atoms with Crippen molar-refractivity contribution in [1.82, 2.24) is 14.9 Å². The van der Waals surface area contributed by atoms with E-state index in [0.717, 1.165) is 54.2 Å². The number of carbonyl (C=O) groups is 2. The number of ether oxygens (including phenoxy) is 1. The Morgan fingerprint density at radius 2 is 2.23 bits per heavy atom. The molecule has 7 nitrogen and oxygen atoms in total. The van der Waals surface area contributed by atoms with Crippen molar-refractivity contribution in [3.05, 3.63) is 28.8 Å². The number of thiophene rings is 1. The van der Waals surface area contributed by atoms with Gasteiger partial charge in [0, 0.05) is 43.3 Å². The summed E-state index contributed by atoms with van der Waals surface area (Å²) in [5, 5.41) is 3.37. The van der Waals surface area contributed by atoms with Crippen LogP contribution in [0.2, 0.25) is 0 Å². The Kier molecular flexibility index (Phi) is 4.94. The molecule has 0 spiro atoms. The minimum Gasteiger partial charge on any atom is -0.381 e. The van der Waals surface area contributed by atoms with E-state index in [2.05, 4.69) is 15.3 Å². The smallest absolute Gasteiger partial charge is 0.255 e. The fourth-order valence-corrected chi connectivity index (χ4v) is 4.39. The van der Waals surface area contributed by atoms with E-state index >= 15 is 0 Å². The summed E-state index contributed by atoms with van der Waals surface area (Å²) < 4.78 is 5.38. The van der Waals surface area contributed by atoms with Crippen LogP contribution in [0.15, 0.2) is 18.3 Å². The molecule has 26 heavy (non-hydrogen) atoms.